The lowest BCUT2D eigenvalue weighted by atomic mass is 10.0. The molecule has 4 heteroatoms. The molecule has 1 N–H and O–H groups in total. The van der Waals surface area contributed by atoms with Crippen LogP contribution in [0.15, 0.2) is 48.5 Å². The van der Waals surface area contributed by atoms with Crippen LogP contribution in [-0.4, -0.2) is 37.6 Å². The van der Waals surface area contributed by atoms with Crippen LogP contribution < -0.4 is 10.1 Å². The highest BCUT2D eigenvalue weighted by Crippen LogP contribution is 2.24. The van der Waals surface area contributed by atoms with Crippen LogP contribution in [0, 0.1) is 6.92 Å². The molecule has 1 aliphatic heterocycles. The number of likely N-dealkylation sites (tertiary alicyclic amines) is 1. The lowest BCUT2D eigenvalue weighted by Crippen LogP contribution is -2.41. The fourth-order valence-electron chi connectivity index (χ4n) is 3.68. The van der Waals surface area contributed by atoms with Crippen molar-refractivity contribution in [2.75, 3.05) is 26.7 Å². The van der Waals surface area contributed by atoms with Crippen molar-refractivity contribution in [3.8, 4) is 5.75 Å². The van der Waals surface area contributed by atoms with E-state index >= 15 is 0 Å². The number of hydrogen-bond donors (Lipinski definition) is 1. The molecule has 0 bridgehead atoms. The fraction of sp³-hybridized carbons (Fsp3) is 0.435. The Balaban J connectivity index is 1.62. The van der Waals surface area contributed by atoms with E-state index < -0.39 is 0 Å². The van der Waals surface area contributed by atoms with Crippen LogP contribution in [0.2, 0.25) is 0 Å². The van der Waals surface area contributed by atoms with Gasteiger partial charge in [-0.2, -0.15) is 0 Å². The quantitative estimate of drug-likeness (QED) is 0.808. The predicted molar refractivity (Wildman–Crippen MR) is 109 cm³/mol. The Kier molecular flexibility index (Phi) is 6.88. The Morgan fingerprint density at radius 1 is 1.04 bits per heavy atom. The second-order valence-corrected chi connectivity index (χ2v) is 7.35. The molecule has 1 unspecified atom stereocenters. The molecule has 1 atom stereocenters. The van der Waals surface area contributed by atoms with Crippen molar-refractivity contribution >= 4 is 5.91 Å². The second kappa shape index (κ2) is 9.56. The Hall–Kier alpha value is -2.33. The Bertz CT molecular complexity index is 719. The van der Waals surface area contributed by atoms with Gasteiger partial charge in [0.25, 0.3) is 0 Å². The Morgan fingerprint density at radius 2 is 1.70 bits per heavy atom. The normalized spacial score (nSPS) is 15.9. The summed E-state index contributed by atoms with van der Waals surface area (Å²) in [5, 5.41) is 3.16. The number of piperidine rings is 1. The first-order valence-electron chi connectivity index (χ1n) is 9.86. The monoisotopic (exact) mass is 366 g/mol. The van der Waals surface area contributed by atoms with Crippen molar-refractivity contribution in [3.05, 3.63) is 65.2 Å². The summed E-state index contributed by atoms with van der Waals surface area (Å²) >= 11 is 0. The van der Waals surface area contributed by atoms with Gasteiger partial charge >= 0.3 is 0 Å². The summed E-state index contributed by atoms with van der Waals surface area (Å²) in [6.07, 6.45) is 4.18. The molecular weight excluding hydrogens is 336 g/mol. The average Bonchev–Trinajstić information content (AvgIpc) is 2.71. The lowest BCUT2D eigenvalue weighted by molar-refractivity contribution is -0.120. The molecule has 1 fully saturated rings. The topological polar surface area (TPSA) is 41.6 Å². The summed E-state index contributed by atoms with van der Waals surface area (Å²) in [4.78, 5) is 15.0. The molecule has 144 valence electrons. The third-order valence-corrected chi connectivity index (χ3v) is 5.31. The number of benzene rings is 2. The molecule has 3 rings (SSSR count). The Labute approximate surface area is 162 Å². The van der Waals surface area contributed by atoms with E-state index in [9.17, 15) is 4.79 Å². The molecule has 0 radical (unpaired) electrons. The van der Waals surface area contributed by atoms with Crippen LogP contribution in [-0.2, 0) is 11.2 Å². The first-order chi connectivity index (χ1) is 13.2. The van der Waals surface area contributed by atoms with E-state index in [2.05, 4.69) is 41.4 Å². The molecule has 4 nitrogen and oxygen atoms in total. The van der Waals surface area contributed by atoms with Gasteiger partial charge in [0.2, 0.25) is 5.91 Å². The number of carbonyl (C=O) groups is 1. The highest BCUT2D eigenvalue weighted by Gasteiger charge is 2.22. The molecule has 0 aliphatic carbocycles. The van der Waals surface area contributed by atoms with Gasteiger partial charge in [0.05, 0.1) is 19.6 Å². The van der Waals surface area contributed by atoms with Gasteiger partial charge in [-0.3, -0.25) is 9.69 Å². The van der Waals surface area contributed by atoms with E-state index in [1.54, 1.807) is 7.11 Å². The van der Waals surface area contributed by atoms with Crippen LogP contribution in [0.3, 0.4) is 0 Å². The molecule has 1 heterocycles. The number of aryl methyl sites for hydroxylation is 1. The maximum Gasteiger partial charge on any atom is 0.224 e. The molecular formula is C23H30N2O2. The van der Waals surface area contributed by atoms with Gasteiger partial charge in [-0.25, -0.2) is 0 Å². The van der Waals surface area contributed by atoms with Crippen molar-refractivity contribution in [1.29, 1.82) is 0 Å². The van der Waals surface area contributed by atoms with Crippen LogP contribution in [0.4, 0.5) is 0 Å². The van der Waals surface area contributed by atoms with Crippen LogP contribution >= 0.6 is 0 Å². The number of nitrogens with one attached hydrogen (secondary N) is 1. The number of amides is 1. The van der Waals surface area contributed by atoms with Gasteiger partial charge in [0.1, 0.15) is 5.75 Å². The summed E-state index contributed by atoms with van der Waals surface area (Å²) in [7, 11) is 1.65. The molecule has 0 saturated carbocycles. The van der Waals surface area contributed by atoms with Crippen molar-refractivity contribution in [2.24, 2.45) is 0 Å². The molecule has 1 amide bonds. The molecule has 0 spiro atoms. The average molecular weight is 367 g/mol. The number of nitrogens with zero attached hydrogens (tertiary/aromatic N) is 1. The van der Waals surface area contributed by atoms with Crippen molar-refractivity contribution < 1.29 is 9.53 Å². The van der Waals surface area contributed by atoms with E-state index in [4.69, 9.17) is 4.74 Å². The summed E-state index contributed by atoms with van der Waals surface area (Å²) in [6, 6.07) is 16.6. The van der Waals surface area contributed by atoms with Gasteiger partial charge in [0, 0.05) is 6.54 Å². The number of carbonyl (C=O) groups excluding carboxylic acids is 1. The van der Waals surface area contributed by atoms with E-state index in [1.165, 1.54) is 30.4 Å². The standard InChI is InChI=1S/C23H30N2O2/c1-18-6-10-20(11-7-18)22(25-14-4-3-5-15-25)17-24-23(26)16-19-8-12-21(27-2)13-9-19/h6-13,22H,3-5,14-17H2,1-2H3,(H,24,26). The second-order valence-electron chi connectivity index (χ2n) is 7.35. The van der Waals surface area contributed by atoms with Crippen LogP contribution in [0.5, 0.6) is 5.75 Å². The zero-order valence-electron chi connectivity index (χ0n) is 16.4. The van der Waals surface area contributed by atoms with Crippen LogP contribution in [0.25, 0.3) is 0 Å². The third-order valence-electron chi connectivity index (χ3n) is 5.31. The number of ether oxygens (including phenoxy) is 1. The van der Waals surface area contributed by atoms with Crippen molar-refractivity contribution in [1.82, 2.24) is 10.2 Å². The summed E-state index contributed by atoms with van der Waals surface area (Å²) in [5.41, 5.74) is 3.55. The Morgan fingerprint density at radius 3 is 2.33 bits per heavy atom. The summed E-state index contributed by atoms with van der Waals surface area (Å²) < 4.78 is 5.17. The van der Waals surface area contributed by atoms with Gasteiger partial charge in [-0.15, -0.1) is 0 Å². The zero-order chi connectivity index (χ0) is 19.1. The summed E-state index contributed by atoms with van der Waals surface area (Å²) in [6.45, 7) is 4.97. The van der Waals surface area contributed by atoms with E-state index in [0.717, 1.165) is 24.4 Å². The third kappa shape index (κ3) is 5.57. The SMILES string of the molecule is COc1ccc(CC(=O)NCC(c2ccc(C)cc2)N2CCCCC2)cc1. The highest BCUT2D eigenvalue weighted by atomic mass is 16.5. The smallest absolute Gasteiger partial charge is 0.224 e. The molecule has 0 aromatic heterocycles. The van der Waals surface area contributed by atoms with E-state index in [1.807, 2.05) is 24.3 Å². The van der Waals surface area contributed by atoms with Gasteiger partial charge in [0.15, 0.2) is 0 Å². The number of hydrogen-bond acceptors (Lipinski definition) is 3. The van der Waals surface area contributed by atoms with Crippen LogP contribution in [0.1, 0.15) is 42.0 Å². The first kappa shape index (κ1) is 19.4. The van der Waals surface area contributed by atoms with Gasteiger partial charge < -0.3 is 10.1 Å². The maximum absolute atomic E-state index is 12.5. The van der Waals surface area contributed by atoms with Crippen molar-refractivity contribution in [3.63, 3.8) is 0 Å². The minimum Gasteiger partial charge on any atom is -0.497 e. The van der Waals surface area contributed by atoms with Gasteiger partial charge in [-0.1, -0.05) is 48.4 Å². The number of methoxy groups -OCH3 is 1. The molecule has 1 aliphatic rings. The molecule has 1 saturated heterocycles. The molecule has 27 heavy (non-hydrogen) atoms. The van der Waals surface area contributed by atoms with Gasteiger partial charge in [-0.05, 0) is 56.1 Å². The highest BCUT2D eigenvalue weighted by molar-refractivity contribution is 5.78. The minimum atomic E-state index is 0.0642. The lowest BCUT2D eigenvalue weighted by Gasteiger charge is -2.35. The zero-order valence-corrected chi connectivity index (χ0v) is 16.4. The molecule has 2 aromatic rings. The first-order valence-corrected chi connectivity index (χ1v) is 9.86. The fourth-order valence-corrected chi connectivity index (χ4v) is 3.68. The van der Waals surface area contributed by atoms with Crippen molar-refractivity contribution in [2.45, 2.75) is 38.6 Å². The maximum atomic E-state index is 12.5. The largest absolute Gasteiger partial charge is 0.497 e. The van der Waals surface area contributed by atoms with E-state index in [-0.39, 0.29) is 11.9 Å². The molecule has 2 aromatic carbocycles. The number of rotatable bonds is 7. The minimum absolute atomic E-state index is 0.0642. The predicted octanol–water partition coefficient (Wildman–Crippen LogP) is 3.89. The summed E-state index contributed by atoms with van der Waals surface area (Å²) in [5.74, 6) is 0.873. The van der Waals surface area contributed by atoms with E-state index in [0.29, 0.717) is 13.0 Å².